The molecule has 1 saturated heterocycles. The van der Waals surface area contributed by atoms with Crippen LogP contribution in [0, 0.1) is 0 Å². The van der Waals surface area contributed by atoms with Crippen LogP contribution in [0.5, 0.6) is 0 Å². The summed E-state index contributed by atoms with van der Waals surface area (Å²) in [5.74, 6) is 0.593. The fourth-order valence-corrected chi connectivity index (χ4v) is 5.00. The normalized spacial score (nSPS) is 23.3. The maximum absolute atomic E-state index is 13.6. The summed E-state index contributed by atoms with van der Waals surface area (Å²) in [7, 11) is 0. The van der Waals surface area contributed by atoms with Crippen LogP contribution in [0.2, 0.25) is 0 Å². The zero-order chi connectivity index (χ0) is 22.3. The van der Waals surface area contributed by atoms with Crippen LogP contribution in [0.3, 0.4) is 0 Å². The molecular weight excluding hydrogens is 418 g/mol. The highest BCUT2D eigenvalue weighted by Gasteiger charge is 2.43. The molecule has 170 valence electrons. The van der Waals surface area contributed by atoms with Crippen LogP contribution in [0.15, 0.2) is 11.4 Å². The summed E-state index contributed by atoms with van der Waals surface area (Å²) in [6, 6.07) is -0.0792. The largest absolute Gasteiger partial charge is 0.609 e. The number of nitrogens with zero attached hydrogens (tertiary/aromatic N) is 5. The van der Waals surface area contributed by atoms with Gasteiger partial charge < -0.3 is 19.1 Å². The average molecular weight is 450 g/mol. The molecule has 0 N–H and O–H groups in total. The summed E-state index contributed by atoms with van der Waals surface area (Å²) in [6.45, 7) is 6.94. The summed E-state index contributed by atoms with van der Waals surface area (Å²) in [5, 5.41) is 0.250. The Balaban J connectivity index is 1.57. The van der Waals surface area contributed by atoms with Crippen molar-refractivity contribution >= 4 is 29.1 Å². The molecule has 31 heavy (non-hydrogen) atoms. The van der Waals surface area contributed by atoms with Crippen LogP contribution < -0.4 is 4.90 Å². The molecule has 0 aromatic carbocycles. The van der Waals surface area contributed by atoms with Crippen molar-refractivity contribution in [1.82, 2.24) is 19.8 Å². The number of carbonyl (C=O) groups excluding carboxylic acids is 2. The number of aromatic nitrogens is 2. The first-order chi connectivity index (χ1) is 14.6. The van der Waals surface area contributed by atoms with Gasteiger partial charge in [-0.05, 0) is 40.0 Å². The summed E-state index contributed by atoms with van der Waals surface area (Å²) in [6.07, 6.45) is 7.63. The van der Waals surface area contributed by atoms with Gasteiger partial charge in [0.15, 0.2) is 5.82 Å². The first kappa shape index (κ1) is 22.1. The van der Waals surface area contributed by atoms with Gasteiger partial charge in [0.1, 0.15) is 11.9 Å². The highest BCUT2D eigenvalue weighted by atomic mass is 32.2. The van der Waals surface area contributed by atoms with E-state index in [-0.39, 0.29) is 29.4 Å². The van der Waals surface area contributed by atoms with E-state index in [1.807, 2.05) is 25.7 Å². The number of hydrogen-bond acceptors (Lipinski definition) is 6. The van der Waals surface area contributed by atoms with E-state index in [2.05, 4.69) is 9.97 Å². The topological polar surface area (TPSA) is 102 Å². The molecule has 0 bridgehead atoms. The van der Waals surface area contributed by atoms with E-state index in [9.17, 15) is 14.1 Å². The highest BCUT2D eigenvalue weighted by Crippen LogP contribution is 2.36. The second-order valence-corrected chi connectivity index (χ2v) is 10.8. The van der Waals surface area contributed by atoms with Crippen molar-refractivity contribution in [1.29, 1.82) is 0 Å². The van der Waals surface area contributed by atoms with Crippen LogP contribution in [0.1, 0.15) is 58.4 Å². The molecule has 0 radical (unpaired) electrons. The van der Waals surface area contributed by atoms with E-state index in [0.29, 0.717) is 31.9 Å². The van der Waals surface area contributed by atoms with Gasteiger partial charge in [0.25, 0.3) is 0 Å². The van der Waals surface area contributed by atoms with E-state index in [1.165, 1.54) is 0 Å². The highest BCUT2D eigenvalue weighted by molar-refractivity contribution is 7.90. The Hall–Kier alpha value is -2.07. The van der Waals surface area contributed by atoms with E-state index in [0.717, 1.165) is 31.2 Å². The first-order valence-corrected chi connectivity index (χ1v) is 12.5. The van der Waals surface area contributed by atoms with Gasteiger partial charge in [0.2, 0.25) is 0 Å². The van der Waals surface area contributed by atoms with Gasteiger partial charge in [0.05, 0.1) is 12.6 Å². The summed E-state index contributed by atoms with van der Waals surface area (Å²) >= 11 is -1.32. The number of likely N-dealkylation sites (tertiary alicyclic amines) is 1. The van der Waals surface area contributed by atoms with Crippen molar-refractivity contribution in [3.8, 4) is 0 Å². The fraction of sp³-hybridized carbons (Fsp3) is 0.714. The quantitative estimate of drug-likeness (QED) is 0.519. The van der Waals surface area contributed by atoms with Crippen LogP contribution in [-0.2, 0) is 22.5 Å². The van der Waals surface area contributed by atoms with Crippen molar-refractivity contribution in [2.45, 2.75) is 82.3 Å². The second-order valence-electron chi connectivity index (χ2n) is 9.54. The Kier molecular flexibility index (Phi) is 6.04. The summed E-state index contributed by atoms with van der Waals surface area (Å²) in [4.78, 5) is 40.2. The number of anilines is 1. The van der Waals surface area contributed by atoms with E-state index < -0.39 is 16.8 Å². The van der Waals surface area contributed by atoms with Crippen LogP contribution >= 0.6 is 0 Å². The van der Waals surface area contributed by atoms with Gasteiger partial charge in [0, 0.05) is 42.1 Å². The van der Waals surface area contributed by atoms with Crippen molar-refractivity contribution in [2.24, 2.45) is 0 Å². The lowest BCUT2D eigenvalue weighted by Gasteiger charge is -2.41. The third-order valence-electron chi connectivity index (χ3n) is 6.04. The Bertz CT molecular complexity index is 853. The Morgan fingerprint density at radius 3 is 2.58 bits per heavy atom. The lowest BCUT2D eigenvalue weighted by Crippen LogP contribution is -2.55. The molecule has 2 fully saturated rings. The van der Waals surface area contributed by atoms with E-state index in [4.69, 9.17) is 4.74 Å². The maximum Gasteiger partial charge on any atom is 0.410 e. The van der Waals surface area contributed by atoms with Crippen LogP contribution in [0.4, 0.5) is 15.4 Å². The number of rotatable bonds is 3. The maximum atomic E-state index is 13.6. The molecule has 3 amide bonds. The van der Waals surface area contributed by atoms with Crippen LogP contribution in [-0.4, -0.2) is 73.5 Å². The average Bonchev–Trinajstić information content (AvgIpc) is 3.38. The zero-order valence-electron chi connectivity index (χ0n) is 18.7. The minimum Gasteiger partial charge on any atom is -0.609 e. The van der Waals surface area contributed by atoms with Crippen molar-refractivity contribution in [3.63, 3.8) is 0 Å². The number of amides is 3. The Morgan fingerprint density at radius 2 is 1.94 bits per heavy atom. The van der Waals surface area contributed by atoms with Gasteiger partial charge in [-0.3, -0.25) is 4.90 Å². The molecule has 3 heterocycles. The molecule has 1 aliphatic carbocycles. The molecule has 4 rings (SSSR count). The zero-order valence-corrected chi connectivity index (χ0v) is 19.5. The van der Waals surface area contributed by atoms with Gasteiger partial charge >= 0.3 is 17.3 Å². The minimum atomic E-state index is -1.32. The number of fused-ring (bicyclic) bond motifs is 1. The van der Waals surface area contributed by atoms with Gasteiger partial charge in [-0.25, -0.2) is 9.59 Å². The van der Waals surface area contributed by atoms with Crippen molar-refractivity contribution in [3.05, 3.63) is 11.8 Å². The van der Waals surface area contributed by atoms with Crippen molar-refractivity contribution < 1.29 is 18.9 Å². The molecular formula is C21H31N5O4S. The molecule has 1 aromatic heterocycles. The molecule has 10 heteroatoms. The molecule has 9 nitrogen and oxygen atoms in total. The Labute approximate surface area is 186 Å². The number of hydrogen-bond donors (Lipinski definition) is 0. The predicted molar refractivity (Wildman–Crippen MR) is 116 cm³/mol. The van der Waals surface area contributed by atoms with E-state index >= 15 is 0 Å². The predicted octanol–water partition coefficient (Wildman–Crippen LogP) is 2.91. The lowest BCUT2D eigenvalue weighted by molar-refractivity contribution is 0.0282. The van der Waals surface area contributed by atoms with E-state index in [1.54, 1.807) is 22.3 Å². The smallest absolute Gasteiger partial charge is 0.410 e. The SMILES string of the molecule is C[S+]([O-])c1ncc2c(n1)N(C1CCCC1)C(=O)N([C@H]1CCN(C(=O)OC(C)(C)C)C1)C2. The lowest BCUT2D eigenvalue weighted by atomic mass is 10.1. The third kappa shape index (κ3) is 4.59. The summed E-state index contributed by atoms with van der Waals surface area (Å²) < 4.78 is 17.4. The monoisotopic (exact) mass is 449 g/mol. The molecule has 1 saturated carbocycles. The van der Waals surface area contributed by atoms with Gasteiger partial charge in [-0.15, -0.1) is 0 Å². The number of carbonyl (C=O) groups is 2. The first-order valence-electron chi connectivity index (χ1n) is 10.9. The van der Waals surface area contributed by atoms with Crippen LogP contribution in [0.25, 0.3) is 0 Å². The molecule has 2 aliphatic heterocycles. The summed E-state index contributed by atoms with van der Waals surface area (Å²) in [5.41, 5.74) is 0.305. The molecule has 2 atom stereocenters. The molecule has 3 aliphatic rings. The Morgan fingerprint density at radius 1 is 1.23 bits per heavy atom. The molecule has 0 spiro atoms. The van der Waals surface area contributed by atoms with Gasteiger partial charge in [-0.2, -0.15) is 9.97 Å². The standard InChI is InChI=1S/C21H31N5O4S/c1-21(2,3)30-20(28)24-10-9-16(13-24)25-12-14-11-22-18(31(4)29)23-17(14)26(19(25)27)15-7-5-6-8-15/h11,15-16H,5-10,12-13H2,1-4H3/t16-,31?/m0/s1. The molecule has 1 aromatic rings. The van der Waals surface area contributed by atoms with Crippen molar-refractivity contribution in [2.75, 3.05) is 24.2 Å². The molecule has 1 unspecified atom stereocenters. The third-order valence-corrected chi connectivity index (χ3v) is 6.75. The second kappa shape index (κ2) is 8.46. The number of ether oxygens (including phenoxy) is 1. The fourth-order valence-electron chi connectivity index (χ4n) is 4.59. The number of urea groups is 1. The minimum absolute atomic E-state index is 0.0815. The van der Waals surface area contributed by atoms with Gasteiger partial charge in [-0.1, -0.05) is 12.8 Å².